The van der Waals surface area contributed by atoms with E-state index in [9.17, 15) is 4.39 Å². The average Bonchev–Trinajstić information content (AvgIpc) is 2.24. The smallest absolute Gasteiger partial charge is 0.126 e. The highest BCUT2D eigenvalue weighted by Crippen LogP contribution is 2.18. The molecule has 76 valence electrons. The van der Waals surface area contributed by atoms with Crippen LogP contribution >= 0.6 is 12.6 Å². The van der Waals surface area contributed by atoms with Gasteiger partial charge >= 0.3 is 0 Å². The first-order chi connectivity index (χ1) is 7.27. The molecular formula is C13H11FS. The Morgan fingerprint density at radius 3 is 2.13 bits per heavy atom. The molecular weight excluding hydrogens is 207 g/mol. The molecule has 0 aromatic heterocycles. The van der Waals surface area contributed by atoms with Crippen molar-refractivity contribution in [3.05, 3.63) is 65.5 Å². The lowest BCUT2D eigenvalue weighted by atomic mass is 10.0. The van der Waals surface area contributed by atoms with Crippen LogP contribution in [-0.2, 0) is 6.42 Å². The molecule has 0 spiro atoms. The highest BCUT2D eigenvalue weighted by Gasteiger charge is 2.03. The minimum atomic E-state index is -0.158. The van der Waals surface area contributed by atoms with Gasteiger partial charge in [0.1, 0.15) is 5.82 Å². The van der Waals surface area contributed by atoms with Gasteiger partial charge in [-0.05, 0) is 23.3 Å². The molecule has 0 saturated carbocycles. The number of rotatable bonds is 2. The van der Waals surface area contributed by atoms with Crippen LogP contribution in [0.2, 0.25) is 0 Å². The van der Waals surface area contributed by atoms with Crippen molar-refractivity contribution in [2.45, 2.75) is 11.3 Å². The zero-order valence-corrected chi connectivity index (χ0v) is 9.05. The van der Waals surface area contributed by atoms with E-state index in [1.54, 1.807) is 12.1 Å². The van der Waals surface area contributed by atoms with Crippen LogP contribution in [0.1, 0.15) is 11.1 Å². The van der Waals surface area contributed by atoms with Crippen LogP contribution in [0, 0.1) is 5.82 Å². The van der Waals surface area contributed by atoms with Gasteiger partial charge in [0.15, 0.2) is 0 Å². The van der Waals surface area contributed by atoms with Crippen molar-refractivity contribution in [1.29, 1.82) is 0 Å². The van der Waals surface area contributed by atoms with Gasteiger partial charge < -0.3 is 0 Å². The Morgan fingerprint density at radius 1 is 0.867 bits per heavy atom. The summed E-state index contributed by atoms with van der Waals surface area (Å²) in [5.41, 5.74) is 1.75. The second-order valence-corrected chi connectivity index (χ2v) is 3.88. The van der Waals surface area contributed by atoms with E-state index in [4.69, 9.17) is 0 Å². The van der Waals surface area contributed by atoms with E-state index in [2.05, 4.69) is 12.6 Å². The van der Waals surface area contributed by atoms with Gasteiger partial charge in [0, 0.05) is 11.3 Å². The van der Waals surface area contributed by atoms with Gasteiger partial charge in [-0.25, -0.2) is 4.39 Å². The number of hydrogen-bond donors (Lipinski definition) is 1. The quantitative estimate of drug-likeness (QED) is 0.730. The summed E-state index contributed by atoms with van der Waals surface area (Å²) in [7, 11) is 0. The molecule has 0 aliphatic rings. The van der Waals surface area contributed by atoms with Crippen LogP contribution in [0.5, 0.6) is 0 Å². The summed E-state index contributed by atoms with van der Waals surface area (Å²) in [6, 6.07) is 14.6. The van der Waals surface area contributed by atoms with E-state index in [-0.39, 0.29) is 5.82 Å². The lowest BCUT2D eigenvalue weighted by Gasteiger charge is -2.05. The van der Waals surface area contributed by atoms with Gasteiger partial charge in [0.2, 0.25) is 0 Å². The molecule has 0 atom stereocenters. The Labute approximate surface area is 94.2 Å². The van der Waals surface area contributed by atoms with Crippen molar-refractivity contribution in [1.82, 2.24) is 0 Å². The number of benzene rings is 2. The fourth-order valence-electron chi connectivity index (χ4n) is 1.51. The third-order valence-electron chi connectivity index (χ3n) is 2.33. The van der Waals surface area contributed by atoms with Crippen LogP contribution in [0.15, 0.2) is 53.4 Å². The Hall–Kier alpha value is -1.28. The second-order valence-electron chi connectivity index (χ2n) is 3.40. The van der Waals surface area contributed by atoms with Gasteiger partial charge in [-0.3, -0.25) is 0 Å². The van der Waals surface area contributed by atoms with E-state index < -0.39 is 0 Å². The van der Waals surface area contributed by atoms with Gasteiger partial charge in [0.05, 0.1) is 0 Å². The van der Waals surface area contributed by atoms with Gasteiger partial charge in [-0.15, -0.1) is 12.6 Å². The molecule has 2 heteroatoms. The van der Waals surface area contributed by atoms with Gasteiger partial charge in [-0.1, -0.05) is 36.4 Å². The van der Waals surface area contributed by atoms with Crippen LogP contribution in [-0.4, -0.2) is 0 Å². The van der Waals surface area contributed by atoms with Gasteiger partial charge in [-0.2, -0.15) is 0 Å². The third-order valence-corrected chi connectivity index (χ3v) is 2.77. The molecule has 0 saturated heterocycles. The second kappa shape index (κ2) is 4.49. The lowest BCUT2D eigenvalue weighted by molar-refractivity contribution is 0.613. The van der Waals surface area contributed by atoms with E-state index >= 15 is 0 Å². The van der Waals surface area contributed by atoms with Crippen molar-refractivity contribution in [2.24, 2.45) is 0 Å². The summed E-state index contributed by atoms with van der Waals surface area (Å²) in [5.74, 6) is -0.158. The first kappa shape index (κ1) is 10.2. The predicted octanol–water partition coefficient (Wildman–Crippen LogP) is 3.71. The predicted molar refractivity (Wildman–Crippen MR) is 62.9 cm³/mol. The number of thiol groups is 1. The molecule has 2 aromatic rings. The molecule has 0 fully saturated rings. The van der Waals surface area contributed by atoms with Crippen LogP contribution in [0.4, 0.5) is 4.39 Å². The first-order valence-electron chi connectivity index (χ1n) is 4.77. The Bertz CT molecular complexity index is 422. The zero-order chi connectivity index (χ0) is 10.7. The third kappa shape index (κ3) is 2.39. The van der Waals surface area contributed by atoms with Crippen LogP contribution in [0.25, 0.3) is 0 Å². The van der Waals surface area contributed by atoms with Crippen molar-refractivity contribution >= 4 is 12.6 Å². The van der Waals surface area contributed by atoms with E-state index in [0.29, 0.717) is 12.0 Å². The molecule has 15 heavy (non-hydrogen) atoms. The fourth-order valence-corrected chi connectivity index (χ4v) is 1.75. The summed E-state index contributed by atoms with van der Waals surface area (Å²) in [4.78, 5) is 0.903. The summed E-state index contributed by atoms with van der Waals surface area (Å²) in [6.07, 6.45) is 0.590. The molecule has 0 aliphatic heterocycles. The molecule has 0 nitrogen and oxygen atoms in total. The van der Waals surface area contributed by atoms with Gasteiger partial charge in [0.25, 0.3) is 0 Å². The highest BCUT2D eigenvalue weighted by atomic mass is 32.1. The Balaban J connectivity index is 2.30. The number of halogens is 1. The van der Waals surface area contributed by atoms with E-state index in [1.165, 1.54) is 6.07 Å². The molecule has 2 aromatic carbocycles. The highest BCUT2D eigenvalue weighted by molar-refractivity contribution is 7.80. The van der Waals surface area contributed by atoms with Crippen molar-refractivity contribution in [2.75, 3.05) is 0 Å². The summed E-state index contributed by atoms with van der Waals surface area (Å²) < 4.78 is 13.4. The molecule has 0 radical (unpaired) electrons. The van der Waals surface area contributed by atoms with Crippen LogP contribution in [0.3, 0.4) is 0 Å². The molecule has 0 aliphatic carbocycles. The standard InChI is InChI=1S/C13H11FS/c14-12-7-3-1-5-10(12)9-11-6-2-4-8-13(11)15/h1-8,15H,9H2. The van der Waals surface area contributed by atoms with Crippen molar-refractivity contribution in [3.8, 4) is 0 Å². The van der Waals surface area contributed by atoms with Crippen LogP contribution < -0.4 is 0 Å². The maximum Gasteiger partial charge on any atom is 0.126 e. The Kier molecular flexibility index (Phi) is 3.07. The maximum absolute atomic E-state index is 13.4. The molecule has 0 N–H and O–H groups in total. The van der Waals surface area contributed by atoms with Crippen molar-refractivity contribution < 1.29 is 4.39 Å². The molecule has 0 bridgehead atoms. The minimum Gasteiger partial charge on any atom is -0.207 e. The monoisotopic (exact) mass is 218 g/mol. The molecule has 0 amide bonds. The average molecular weight is 218 g/mol. The molecule has 2 rings (SSSR count). The molecule has 0 heterocycles. The minimum absolute atomic E-state index is 0.158. The van der Waals surface area contributed by atoms with E-state index in [1.807, 2.05) is 30.3 Å². The maximum atomic E-state index is 13.4. The zero-order valence-electron chi connectivity index (χ0n) is 8.15. The lowest BCUT2D eigenvalue weighted by Crippen LogP contribution is -1.92. The van der Waals surface area contributed by atoms with E-state index in [0.717, 1.165) is 10.5 Å². The normalized spacial score (nSPS) is 10.3. The van der Waals surface area contributed by atoms with Crippen molar-refractivity contribution in [3.63, 3.8) is 0 Å². The molecule has 0 unspecified atom stereocenters. The topological polar surface area (TPSA) is 0 Å². The SMILES string of the molecule is Fc1ccccc1Cc1ccccc1S. The largest absolute Gasteiger partial charge is 0.207 e. The first-order valence-corrected chi connectivity index (χ1v) is 5.22. The number of hydrogen-bond acceptors (Lipinski definition) is 1. The Morgan fingerprint density at radius 2 is 1.47 bits per heavy atom. The summed E-state index contributed by atoms with van der Waals surface area (Å²) in [6.45, 7) is 0. The summed E-state index contributed by atoms with van der Waals surface area (Å²) in [5, 5.41) is 0. The summed E-state index contributed by atoms with van der Waals surface area (Å²) >= 11 is 4.34. The fraction of sp³-hybridized carbons (Fsp3) is 0.0769.